The number of carbonyl (C=O) groups is 2. The fraction of sp³-hybridized carbons (Fsp3) is 0.0476. The average molecular weight is 438 g/mol. The summed E-state index contributed by atoms with van der Waals surface area (Å²) in [6.45, 7) is 1.95. The van der Waals surface area contributed by atoms with E-state index in [1.165, 1.54) is 0 Å². The summed E-state index contributed by atoms with van der Waals surface area (Å²) in [5, 5.41) is 7.65. The largest absolute Gasteiger partial charge is 0.362 e. The Morgan fingerprint density at radius 3 is 2.11 bits per heavy atom. The van der Waals surface area contributed by atoms with Gasteiger partial charge in [-0.15, -0.1) is 10.2 Å². The molecule has 28 heavy (non-hydrogen) atoms. The molecular formula is C21H16BrN3O3. The van der Waals surface area contributed by atoms with E-state index in [-0.39, 0.29) is 0 Å². The lowest BCUT2D eigenvalue weighted by Gasteiger charge is -2.07. The van der Waals surface area contributed by atoms with E-state index in [1.807, 2.05) is 19.1 Å². The first-order valence-corrected chi connectivity index (χ1v) is 9.16. The Kier molecular flexibility index (Phi) is 6.29. The van der Waals surface area contributed by atoms with Gasteiger partial charge in [0.25, 0.3) is 5.91 Å². The maximum Gasteiger partial charge on any atom is 0.362 e. The zero-order valence-electron chi connectivity index (χ0n) is 14.9. The highest BCUT2D eigenvalue weighted by molar-refractivity contribution is 9.10. The highest BCUT2D eigenvalue weighted by Gasteiger charge is 2.07. The first-order valence-electron chi connectivity index (χ1n) is 8.37. The van der Waals surface area contributed by atoms with Gasteiger partial charge in [0.05, 0.1) is 16.9 Å². The van der Waals surface area contributed by atoms with Crippen molar-refractivity contribution in [1.29, 1.82) is 0 Å². The molecule has 0 aromatic heterocycles. The van der Waals surface area contributed by atoms with Crippen molar-refractivity contribution >= 4 is 39.2 Å². The van der Waals surface area contributed by atoms with Crippen LogP contribution in [0.2, 0.25) is 0 Å². The predicted octanol–water partition coefficient (Wildman–Crippen LogP) is 5.87. The fourth-order valence-corrected chi connectivity index (χ4v) is 2.47. The zero-order chi connectivity index (χ0) is 19.9. The molecule has 7 heteroatoms. The van der Waals surface area contributed by atoms with Crippen LogP contribution in [0.25, 0.3) is 0 Å². The minimum atomic E-state index is -0.500. The van der Waals surface area contributed by atoms with E-state index in [0.29, 0.717) is 22.5 Å². The summed E-state index contributed by atoms with van der Waals surface area (Å²) in [6, 6.07) is 20.6. The number of amides is 1. The third-order valence-corrected chi connectivity index (χ3v) is 4.29. The molecule has 3 rings (SSSR count). The van der Waals surface area contributed by atoms with E-state index in [1.54, 1.807) is 60.7 Å². The topological polar surface area (TPSA) is 80.1 Å². The van der Waals surface area contributed by atoms with Crippen LogP contribution >= 0.6 is 15.9 Å². The van der Waals surface area contributed by atoms with Gasteiger partial charge in [-0.1, -0.05) is 33.6 Å². The molecule has 140 valence electrons. The van der Waals surface area contributed by atoms with Crippen LogP contribution in [0.3, 0.4) is 0 Å². The third kappa shape index (κ3) is 5.34. The quantitative estimate of drug-likeness (QED) is 0.399. The van der Waals surface area contributed by atoms with Crippen molar-refractivity contribution in [3.63, 3.8) is 0 Å². The van der Waals surface area contributed by atoms with E-state index < -0.39 is 11.9 Å². The summed E-state index contributed by atoms with van der Waals surface area (Å²) in [5.74, 6) is -0.911. The summed E-state index contributed by atoms with van der Waals surface area (Å²) in [5.41, 5.74) is 5.62. The molecule has 3 aromatic rings. The van der Waals surface area contributed by atoms with Gasteiger partial charge in [0.15, 0.2) is 0 Å². The molecule has 0 aliphatic carbocycles. The van der Waals surface area contributed by atoms with Crippen molar-refractivity contribution in [3.05, 3.63) is 94.0 Å². The fourth-order valence-electron chi connectivity index (χ4n) is 2.20. The summed E-state index contributed by atoms with van der Waals surface area (Å²) in [6.07, 6.45) is 0. The van der Waals surface area contributed by atoms with E-state index >= 15 is 0 Å². The smallest absolute Gasteiger partial charge is 0.338 e. The van der Waals surface area contributed by atoms with Gasteiger partial charge in [-0.3, -0.25) is 4.79 Å². The molecule has 1 N–H and O–H groups in total. The van der Waals surface area contributed by atoms with Crippen LogP contribution in [0.5, 0.6) is 0 Å². The lowest BCUT2D eigenvalue weighted by Crippen LogP contribution is -2.10. The van der Waals surface area contributed by atoms with Crippen molar-refractivity contribution in [1.82, 2.24) is 0 Å². The molecule has 0 aliphatic rings. The molecule has 0 saturated carbocycles. The van der Waals surface area contributed by atoms with Crippen LogP contribution in [-0.4, -0.2) is 11.9 Å². The summed E-state index contributed by atoms with van der Waals surface area (Å²) >= 11 is 3.31. The number of carbonyl (C=O) groups excluding carboxylic acids is 2. The lowest BCUT2D eigenvalue weighted by atomic mass is 10.1. The summed E-state index contributed by atoms with van der Waals surface area (Å²) < 4.78 is 0.877. The number of azo groups is 1. The van der Waals surface area contributed by atoms with E-state index in [0.717, 1.165) is 10.0 Å². The first-order chi connectivity index (χ1) is 13.5. The third-order valence-electron chi connectivity index (χ3n) is 3.76. The Labute approximate surface area is 170 Å². The SMILES string of the molecule is Cc1ccc(C(=O)N=Nc2ccc(NOC(=O)c3ccc(Br)cc3)cc2)cc1. The Hall–Kier alpha value is -3.32. The van der Waals surface area contributed by atoms with Gasteiger partial charge < -0.3 is 4.84 Å². The second kappa shape index (κ2) is 9.05. The normalized spacial score (nSPS) is 10.6. The summed E-state index contributed by atoms with van der Waals surface area (Å²) in [7, 11) is 0. The molecule has 0 saturated heterocycles. The molecule has 0 fully saturated rings. The molecule has 6 nitrogen and oxygen atoms in total. The van der Waals surface area contributed by atoms with Crippen LogP contribution < -0.4 is 5.48 Å². The number of halogens is 1. The number of aryl methyl sites for hydroxylation is 1. The number of hydrogen-bond donors (Lipinski definition) is 1. The zero-order valence-corrected chi connectivity index (χ0v) is 16.5. The van der Waals surface area contributed by atoms with Crippen LogP contribution in [0.4, 0.5) is 11.4 Å². The van der Waals surface area contributed by atoms with Crippen LogP contribution in [0.1, 0.15) is 26.3 Å². The van der Waals surface area contributed by atoms with E-state index in [4.69, 9.17) is 4.84 Å². The first kappa shape index (κ1) is 19.4. The highest BCUT2D eigenvalue weighted by Crippen LogP contribution is 2.18. The molecule has 0 radical (unpaired) electrons. The second-order valence-corrected chi connectivity index (χ2v) is 6.83. The second-order valence-electron chi connectivity index (χ2n) is 5.92. The standard InChI is InChI=1S/C21H16BrN3O3/c1-14-2-4-15(5-3-14)20(26)24-23-18-10-12-19(13-11-18)25-28-21(27)16-6-8-17(22)9-7-16/h2-13,25H,1H3. The molecule has 0 heterocycles. The molecular weight excluding hydrogens is 422 g/mol. The number of anilines is 1. The number of hydrogen-bond acceptors (Lipinski definition) is 5. The lowest BCUT2D eigenvalue weighted by molar-refractivity contribution is 0.0596. The molecule has 0 bridgehead atoms. The van der Waals surface area contributed by atoms with Crippen LogP contribution in [0.15, 0.2) is 87.5 Å². The Balaban J connectivity index is 1.55. The van der Waals surface area contributed by atoms with Gasteiger partial charge in [-0.25, -0.2) is 10.3 Å². The highest BCUT2D eigenvalue weighted by atomic mass is 79.9. The Bertz CT molecular complexity index is 999. The Morgan fingerprint density at radius 1 is 0.857 bits per heavy atom. The van der Waals surface area contributed by atoms with Crippen LogP contribution in [-0.2, 0) is 4.84 Å². The van der Waals surface area contributed by atoms with Crippen LogP contribution in [0, 0.1) is 6.92 Å². The maximum atomic E-state index is 12.0. The molecule has 3 aromatic carbocycles. The van der Waals surface area contributed by atoms with Gasteiger partial charge in [-0.05, 0) is 67.6 Å². The van der Waals surface area contributed by atoms with Gasteiger partial charge in [-0.2, -0.15) is 0 Å². The maximum absolute atomic E-state index is 12.0. The van der Waals surface area contributed by atoms with Gasteiger partial charge in [0.1, 0.15) is 0 Å². The van der Waals surface area contributed by atoms with Crippen molar-refractivity contribution in [2.75, 3.05) is 5.48 Å². The molecule has 0 aliphatic heterocycles. The van der Waals surface area contributed by atoms with Crippen molar-refractivity contribution in [3.8, 4) is 0 Å². The summed E-state index contributed by atoms with van der Waals surface area (Å²) in [4.78, 5) is 29.0. The number of nitrogens with one attached hydrogen (secondary N) is 1. The minimum absolute atomic E-state index is 0.411. The van der Waals surface area contributed by atoms with Crippen molar-refractivity contribution in [2.24, 2.45) is 10.2 Å². The van der Waals surface area contributed by atoms with E-state index in [9.17, 15) is 9.59 Å². The van der Waals surface area contributed by atoms with Crippen molar-refractivity contribution in [2.45, 2.75) is 6.92 Å². The monoisotopic (exact) mass is 437 g/mol. The minimum Gasteiger partial charge on any atom is -0.338 e. The molecule has 0 unspecified atom stereocenters. The number of rotatable bonds is 5. The number of nitrogens with zero attached hydrogens (tertiary/aromatic N) is 2. The molecule has 0 spiro atoms. The van der Waals surface area contributed by atoms with Gasteiger partial charge in [0, 0.05) is 10.0 Å². The van der Waals surface area contributed by atoms with Gasteiger partial charge >= 0.3 is 5.97 Å². The number of benzene rings is 3. The van der Waals surface area contributed by atoms with Gasteiger partial charge in [0.2, 0.25) is 0 Å². The van der Waals surface area contributed by atoms with Crippen molar-refractivity contribution < 1.29 is 14.4 Å². The average Bonchev–Trinajstić information content (AvgIpc) is 2.72. The predicted molar refractivity (Wildman–Crippen MR) is 110 cm³/mol. The van der Waals surface area contributed by atoms with E-state index in [2.05, 4.69) is 31.6 Å². The Morgan fingerprint density at radius 2 is 1.46 bits per heavy atom. The molecule has 0 atom stereocenters. The molecule has 1 amide bonds.